The van der Waals surface area contributed by atoms with E-state index < -0.39 is 0 Å². The van der Waals surface area contributed by atoms with Crippen molar-refractivity contribution in [2.45, 2.75) is 63.5 Å². The maximum absolute atomic E-state index is 3.78. The highest BCUT2D eigenvalue weighted by Gasteiger charge is 2.45. The molecule has 0 bridgehead atoms. The number of hydrogen-bond acceptors (Lipinski definition) is 2. The second kappa shape index (κ2) is 4.30. The highest BCUT2D eigenvalue weighted by molar-refractivity contribution is 5.02. The van der Waals surface area contributed by atoms with E-state index in [1.807, 2.05) is 0 Å². The van der Waals surface area contributed by atoms with Crippen LogP contribution < -0.4 is 5.32 Å². The van der Waals surface area contributed by atoms with E-state index >= 15 is 0 Å². The molecule has 3 fully saturated rings. The van der Waals surface area contributed by atoms with Gasteiger partial charge in [-0.1, -0.05) is 19.3 Å². The van der Waals surface area contributed by atoms with E-state index in [2.05, 4.69) is 17.1 Å². The van der Waals surface area contributed by atoms with Crippen LogP contribution >= 0.6 is 0 Å². The van der Waals surface area contributed by atoms with Gasteiger partial charge in [-0.2, -0.15) is 0 Å². The van der Waals surface area contributed by atoms with Gasteiger partial charge in [0.15, 0.2) is 0 Å². The third-order valence-corrected chi connectivity index (χ3v) is 5.16. The molecule has 2 aliphatic carbocycles. The Morgan fingerprint density at radius 1 is 1.12 bits per heavy atom. The number of piperazine rings is 1. The van der Waals surface area contributed by atoms with Gasteiger partial charge in [0.25, 0.3) is 0 Å². The second-order valence-electron chi connectivity index (χ2n) is 6.40. The molecule has 0 spiro atoms. The Labute approximate surface area is 99.8 Å². The topological polar surface area (TPSA) is 15.3 Å². The van der Waals surface area contributed by atoms with E-state index in [1.54, 1.807) is 0 Å². The summed E-state index contributed by atoms with van der Waals surface area (Å²) >= 11 is 0. The number of rotatable bonds is 2. The molecule has 1 aliphatic heterocycles. The molecule has 0 aromatic heterocycles. The van der Waals surface area contributed by atoms with Crippen LogP contribution in [0.2, 0.25) is 0 Å². The van der Waals surface area contributed by atoms with E-state index in [0.717, 1.165) is 12.0 Å². The molecule has 0 radical (unpaired) electrons. The van der Waals surface area contributed by atoms with Crippen LogP contribution in [0.25, 0.3) is 0 Å². The van der Waals surface area contributed by atoms with Gasteiger partial charge in [0.1, 0.15) is 0 Å². The minimum atomic E-state index is 0.592. The molecule has 92 valence electrons. The third-order valence-electron chi connectivity index (χ3n) is 5.16. The summed E-state index contributed by atoms with van der Waals surface area (Å²) in [4.78, 5) is 2.77. The minimum Gasteiger partial charge on any atom is -0.311 e. The number of nitrogens with zero attached hydrogens (tertiary/aromatic N) is 1. The van der Waals surface area contributed by atoms with Gasteiger partial charge in [-0.25, -0.2) is 0 Å². The standard InChI is InChI=1S/C14H26N2/c1-14(7-8-14)16-10-9-15-13(11-16)12-5-3-2-4-6-12/h12-13,15H,2-11H2,1H3. The van der Waals surface area contributed by atoms with Crippen LogP contribution in [0.3, 0.4) is 0 Å². The lowest BCUT2D eigenvalue weighted by Crippen LogP contribution is -2.56. The van der Waals surface area contributed by atoms with Crippen LogP contribution in [0, 0.1) is 5.92 Å². The molecule has 2 saturated carbocycles. The summed E-state index contributed by atoms with van der Waals surface area (Å²) < 4.78 is 0. The lowest BCUT2D eigenvalue weighted by atomic mass is 9.83. The fraction of sp³-hybridized carbons (Fsp3) is 1.00. The average molecular weight is 222 g/mol. The molecule has 2 nitrogen and oxygen atoms in total. The van der Waals surface area contributed by atoms with Crippen LogP contribution in [0.5, 0.6) is 0 Å². The van der Waals surface area contributed by atoms with Crippen molar-refractivity contribution in [2.24, 2.45) is 5.92 Å². The molecule has 1 heterocycles. The summed E-state index contributed by atoms with van der Waals surface area (Å²) in [6.07, 6.45) is 10.2. The van der Waals surface area contributed by atoms with Gasteiger partial charge < -0.3 is 5.32 Å². The molecular weight excluding hydrogens is 196 g/mol. The summed E-state index contributed by atoms with van der Waals surface area (Å²) in [6, 6.07) is 0.798. The SMILES string of the molecule is CC1(N2CCNC(C3CCCCC3)C2)CC1. The Hall–Kier alpha value is -0.0800. The van der Waals surface area contributed by atoms with Crippen molar-refractivity contribution >= 4 is 0 Å². The highest BCUT2D eigenvalue weighted by Crippen LogP contribution is 2.42. The van der Waals surface area contributed by atoms with Gasteiger partial charge in [-0.15, -0.1) is 0 Å². The van der Waals surface area contributed by atoms with Crippen molar-refractivity contribution in [3.05, 3.63) is 0 Å². The quantitative estimate of drug-likeness (QED) is 0.772. The first kappa shape index (κ1) is 11.0. The summed E-state index contributed by atoms with van der Waals surface area (Å²) in [5, 5.41) is 3.78. The van der Waals surface area contributed by atoms with Crippen molar-refractivity contribution in [3.63, 3.8) is 0 Å². The summed E-state index contributed by atoms with van der Waals surface area (Å²) in [7, 11) is 0. The van der Waals surface area contributed by atoms with E-state index in [9.17, 15) is 0 Å². The van der Waals surface area contributed by atoms with Gasteiger partial charge in [0.05, 0.1) is 0 Å². The maximum Gasteiger partial charge on any atom is 0.0223 e. The summed E-state index contributed by atoms with van der Waals surface area (Å²) in [5.74, 6) is 0.971. The van der Waals surface area contributed by atoms with Crippen LogP contribution in [0.1, 0.15) is 51.9 Å². The van der Waals surface area contributed by atoms with E-state index in [4.69, 9.17) is 0 Å². The fourth-order valence-corrected chi connectivity index (χ4v) is 3.62. The Kier molecular flexibility index (Phi) is 2.97. The van der Waals surface area contributed by atoms with Gasteiger partial charge in [-0.05, 0) is 38.5 Å². The molecule has 1 saturated heterocycles. The normalized spacial score (nSPS) is 36.2. The first-order valence-electron chi connectivity index (χ1n) is 7.26. The summed E-state index contributed by atoms with van der Waals surface area (Å²) in [5.41, 5.74) is 0.592. The minimum absolute atomic E-state index is 0.592. The predicted molar refractivity (Wildman–Crippen MR) is 67.6 cm³/mol. The smallest absolute Gasteiger partial charge is 0.0223 e. The molecule has 16 heavy (non-hydrogen) atoms. The third kappa shape index (κ3) is 2.14. The first-order valence-corrected chi connectivity index (χ1v) is 7.26. The number of nitrogens with one attached hydrogen (secondary N) is 1. The predicted octanol–water partition coefficient (Wildman–Crippen LogP) is 2.39. The second-order valence-corrected chi connectivity index (χ2v) is 6.40. The van der Waals surface area contributed by atoms with Gasteiger partial charge in [0.2, 0.25) is 0 Å². The van der Waals surface area contributed by atoms with Crippen molar-refractivity contribution < 1.29 is 0 Å². The average Bonchev–Trinajstić information content (AvgIpc) is 3.10. The van der Waals surface area contributed by atoms with Crippen molar-refractivity contribution in [2.75, 3.05) is 19.6 Å². The zero-order valence-electron chi connectivity index (χ0n) is 10.7. The van der Waals surface area contributed by atoms with Gasteiger partial charge in [0, 0.05) is 31.2 Å². The molecule has 2 heteroatoms. The molecule has 1 N–H and O–H groups in total. The Balaban J connectivity index is 1.58. The van der Waals surface area contributed by atoms with Crippen molar-refractivity contribution in [1.82, 2.24) is 10.2 Å². The molecule has 1 unspecified atom stereocenters. The zero-order valence-corrected chi connectivity index (χ0v) is 10.7. The molecule has 0 aromatic rings. The summed E-state index contributed by atoms with van der Waals surface area (Å²) in [6.45, 7) is 6.27. The Morgan fingerprint density at radius 2 is 1.88 bits per heavy atom. The molecule has 1 atom stereocenters. The van der Waals surface area contributed by atoms with E-state index in [1.165, 1.54) is 64.6 Å². The molecule has 3 aliphatic rings. The van der Waals surface area contributed by atoms with Gasteiger partial charge >= 0.3 is 0 Å². The van der Waals surface area contributed by atoms with Gasteiger partial charge in [-0.3, -0.25) is 4.90 Å². The van der Waals surface area contributed by atoms with Crippen LogP contribution in [-0.4, -0.2) is 36.1 Å². The first-order chi connectivity index (χ1) is 7.78. The van der Waals surface area contributed by atoms with Crippen LogP contribution in [-0.2, 0) is 0 Å². The lowest BCUT2D eigenvalue weighted by Gasteiger charge is -2.42. The monoisotopic (exact) mass is 222 g/mol. The Morgan fingerprint density at radius 3 is 2.56 bits per heavy atom. The molecule has 0 amide bonds. The molecule has 0 aromatic carbocycles. The van der Waals surface area contributed by atoms with Crippen molar-refractivity contribution in [1.29, 1.82) is 0 Å². The zero-order chi connectivity index (χ0) is 11.0. The lowest BCUT2D eigenvalue weighted by molar-refractivity contribution is 0.104. The van der Waals surface area contributed by atoms with Crippen LogP contribution in [0.15, 0.2) is 0 Å². The largest absolute Gasteiger partial charge is 0.311 e. The Bertz CT molecular complexity index is 241. The molecular formula is C14H26N2. The fourth-order valence-electron chi connectivity index (χ4n) is 3.62. The maximum atomic E-state index is 3.78. The van der Waals surface area contributed by atoms with E-state index in [0.29, 0.717) is 5.54 Å². The van der Waals surface area contributed by atoms with Crippen LogP contribution in [0.4, 0.5) is 0 Å². The molecule has 3 rings (SSSR count). The highest BCUT2D eigenvalue weighted by atomic mass is 15.3. The number of hydrogen-bond donors (Lipinski definition) is 1. The van der Waals surface area contributed by atoms with E-state index in [-0.39, 0.29) is 0 Å². The van der Waals surface area contributed by atoms with Crippen molar-refractivity contribution in [3.8, 4) is 0 Å².